The van der Waals surface area contributed by atoms with Gasteiger partial charge in [0.1, 0.15) is 0 Å². The number of benzene rings is 2. The van der Waals surface area contributed by atoms with Crippen LogP contribution in [0.5, 0.6) is 0 Å². The molecule has 7 heteroatoms. The first-order valence-corrected chi connectivity index (χ1v) is 10.3. The van der Waals surface area contributed by atoms with Crippen molar-refractivity contribution in [2.45, 2.75) is 11.3 Å². The lowest BCUT2D eigenvalue weighted by Gasteiger charge is -2.19. The molecule has 1 amide bonds. The van der Waals surface area contributed by atoms with Crippen molar-refractivity contribution in [2.75, 3.05) is 16.7 Å². The normalized spacial score (nSPS) is 11.1. The number of hydrogen-bond donors (Lipinski definition) is 1. The van der Waals surface area contributed by atoms with E-state index in [2.05, 4.69) is 5.32 Å². The second kappa shape index (κ2) is 7.72. The van der Waals surface area contributed by atoms with Gasteiger partial charge in [-0.15, -0.1) is 0 Å². The molecule has 0 aliphatic heterocycles. The van der Waals surface area contributed by atoms with Crippen LogP contribution in [0.15, 0.2) is 76.3 Å². The first-order valence-electron chi connectivity index (χ1n) is 7.92. The molecule has 3 aromatic rings. The van der Waals surface area contributed by atoms with Crippen molar-refractivity contribution in [1.82, 2.24) is 0 Å². The second-order valence-electron chi connectivity index (χ2n) is 5.69. The van der Waals surface area contributed by atoms with E-state index in [0.717, 1.165) is 5.56 Å². The van der Waals surface area contributed by atoms with Crippen LogP contribution in [0.1, 0.15) is 5.56 Å². The molecule has 0 saturated carbocycles. The number of anilines is 2. The number of sulfonamides is 1. The number of hydrogen-bond acceptors (Lipinski definition) is 4. The fourth-order valence-corrected chi connectivity index (χ4v) is 4.36. The summed E-state index contributed by atoms with van der Waals surface area (Å²) >= 11 is 1.53. The summed E-state index contributed by atoms with van der Waals surface area (Å²) in [4.78, 5) is 12.3. The van der Waals surface area contributed by atoms with Crippen LogP contribution in [0.3, 0.4) is 0 Å². The van der Waals surface area contributed by atoms with Gasteiger partial charge in [0.05, 0.1) is 17.0 Å². The SMILES string of the molecule is CN(c1ccccc1)S(=O)(=O)c1cccc(NC(=O)Cc2ccsc2)c1. The lowest BCUT2D eigenvalue weighted by atomic mass is 10.2. The molecule has 134 valence electrons. The topological polar surface area (TPSA) is 66.5 Å². The largest absolute Gasteiger partial charge is 0.326 e. The molecule has 1 aromatic heterocycles. The summed E-state index contributed by atoms with van der Waals surface area (Å²) in [6.07, 6.45) is 0.254. The molecule has 5 nitrogen and oxygen atoms in total. The number of nitrogens with one attached hydrogen (secondary N) is 1. The Morgan fingerprint density at radius 1 is 1.08 bits per heavy atom. The Bertz CT molecular complexity index is 985. The van der Waals surface area contributed by atoms with E-state index in [4.69, 9.17) is 0 Å². The van der Waals surface area contributed by atoms with Crippen LogP contribution in [0.4, 0.5) is 11.4 Å². The van der Waals surface area contributed by atoms with Crippen molar-refractivity contribution in [1.29, 1.82) is 0 Å². The molecular weight excluding hydrogens is 368 g/mol. The molecule has 0 aliphatic carbocycles. The molecule has 0 spiro atoms. The predicted molar refractivity (Wildman–Crippen MR) is 105 cm³/mol. The fourth-order valence-electron chi connectivity index (χ4n) is 2.45. The Labute approximate surface area is 157 Å². The van der Waals surface area contributed by atoms with Gasteiger partial charge >= 0.3 is 0 Å². The third-order valence-electron chi connectivity index (χ3n) is 3.84. The smallest absolute Gasteiger partial charge is 0.264 e. The molecule has 0 unspecified atom stereocenters. The van der Waals surface area contributed by atoms with Gasteiger partial charge in [-0.25, -0.2) is 8.42 Å². The molecule has 0 saturated heterocycles. The molecule has 0 atom stereocenters. The molecule has 1 heterocycles. The Morgan fingerprint density at radius 2 is 1.85 bits per heavy atom. The number of nitrogens with zero attached hydrogens (tertiary/aromatic N) is 1. The second-order valence-corrected chi connectivity index (χ2v) is 8.44. The minimum Gasteiger partial charge on any atom is -0.326 e. The maximum Gasteiger partial charge on any atom is 0.264 e. The standard InChI is InChI=1S/C19H18N2O3S2/c1-21(17-7-3-2-4-8-17)26(23,24)18-9-5-6-16(13-18)20-19(22)12-15-10-11-25-14-15/h2-11,13-14H,12H2,1H3,(H,20,22). The summed E-state index contributed by atoms with van der Waals surface area (Å²) in [7, 11) is -2.21. The van der Waals surface area contributed by atoms with Gasteiger partial charge in [-0.2, -0.15) is 11.3 Å². The van der Waals surface area contributed by atoms with Gasteiger partial charge in [-0.3, -0.25) is 9.10 Å². The van der Waals surface area contributed by atoms with Gasteiger partial charge in [-0.05, 0) is 52.7 Å². The van der Waals surface area contributed by atoms with Crippen LogP contribution in [0.2, 0.25) is 0 Å². The summed E-state index contributed by atoms with van der Waals surface area (Å²) in [5.74, 6) is -0.186. The lowest BCUT2D eigenvalue weighted by molar-refractivity contribution is -0.115. The highest BCUT2D eigenvalue weighted by Gasteiger charge is 2.21. The summed E-state index contributed by atoms with van der Waals surface area (Å²) in [5.41, 5.74) is 1.95. The number of carbonyl (C=O) groups excluding carboxylic acids is 1. The molecule has 0 radical (unpaired) electrons. The minimum absolute atomic E-state index is 0.122. The van der Waals surface area contributed by atoms with Crippen LogP contribution >= 0.6 is 11.3 Å². The minimum atomic E-state index is -3.72. The lowest BCUT2D eigenvalue weighted by Crippen LogP contribution is -2.26. The van der Waals surface area contributed by atoms with Gasteiger partial charge in [0.15, 0.2) is 0 Å². The van der Waals surface area contributed by atoms with Crippen molar-refractivity contribution >= 4 is 38.6 Å². The molecular formula is C19H18N2O3S2. The average Bonchev–Trinajstić information content (AvgIpc) is 3.14. The van der Waals surface area contributed by atoms with Crippen LogP contribution in [-0.4, -0.2) is 21.4 Å². The molecule has 26 heavy (non-hydrogen) atoms. The van der Waals surface area contributed by atoms with Gasteiger partial charge < -0.3 is 5.32 Å². The van der Waals surface area contributed by atoms with Crippen molar-refractivity contribution in [3.63, 3.8) is 0 Å². The average molecular weight is 386 g/mol. The van der Waals surface area contributed by atoms with Gasteiger partial charge in [0.25, 0.3) is 10.0 Å². The van der Waals surface area contributed by atoms with Crippen LogP contribution in [0, 0.1) is 0 Å². The van der Waals surface area contributed by atoms with Crippen molar-refractivity contribution in [2.24, 2.45) is 0 Å². The molecule has 0 fully saturated rings. The zero-order valence-electron chi connectivity index (χ0n) is 14.1. The molecule has 3 rings (SSSR count). The highest BCUT2D eigenvalue weighted by Crippen LogP contribution is 2.23. The van der Waals surface area contributed by atoms with Gasteiger partial charge in [0, 0.05) is 12.7 Å². The Morgan fingerprint density at radius 3 is 2.54 bits per heavy atom. The number of amides is 1. The molecule has 1 N–H and O–H groups in total. The third-order valence-corrected chi connectivity index (χ3v) is 6.35. The first kappa shape index (κ1) is 18.2. The summed E-state index contributed by atoms with van der Waals surface area (Å²) in [6, 6.07) is 17.0. The molecule has 2 aromatic carbocycles. The quantitative estimate of drug-likeness (QED) is 0.701. The van der Waals surface area contributed by atoms with Gasteiger partial charge in [-0.1, -0.05) is 24.3 Å². The van der Waals surface area contributed by atoms with E-state index in [1.54, 1.807) is 36.4 Å². The predicted octanol–water partition coefficient (Wildman–Crippen LogP) is 3.75. The van der Waals surface area contributed by atoms with E-state index >= 15 is 0 Å². The van der Waals surface area contributed by atoms with Crippen LogP contribution in [0.25, 0.3) is 0 Å². The Kier molecular flexibility index (Phi) is 5.39. The summed E-state index contributed by atoms with van der Waals surface area (Å²) in [6.45, 7) is 0. The van der Waals surface area contributed by atoms with Crippen LogP contribution < -0.4 is 9.62 Å². The summed E-state index contributed by atoms with van der Waals surface area (Å²) in [5, 5.41) is 6.58. The van der Waals surface area contributed by atoms with E-state index < -0.39 is 10.0 Å². The zero-order chi connectivity index (χ0) is 18.6. The highest BCUT2D eigenvalue weighted by molar-refractivity contribution is 7.92. The van der Waals surface area contributed by atoms with E-state index in [-0.39, 0.29) is 17.2 Å². The number of thiophene rings is 1. The maximum absolute atomic E-state index is 12.8. The van der Waals surface area contributed by atoms with E-state index in [9.17, 15) is 13.2 Å². The highest BCUT2D eigenvalue weighted by atomic mass is 32.2. The van der Waals surface area contributed by atoms with E-state index in [1.807, 2.05) is 22.9 Å². The number of rotatable bonds is 6. The molecule has 0 aliphatic rings. The Hall–Kier alpha value is -2.64. The monoisotopic (exact) mass is 386 g/mol. The number of para-hydroxylation sites is 1. The van der Waals surface area contributed by atoms with Gasteiger partial charge in [0.2, 0.25) is 5.91 Å². The first-order chi connectivity index (χ1) is 12.5. The maximum atomic E-state index is 12.8. The molecule has 0 bridgehead atoms. The van der Waals surface area contributed by atoms with Crippen LogP contribution in [-0.2, 0) is 21.2 Å². The van der Waals surface area contributed by atoms with E-state index in [1.165, 1.54) is 34.8 Å². The van der Waals surface area contributed by atoms with Crippen molar-refractivity contribution < 1.29 is 13.2 Å². The van der Waals surface area contributed by atoms with E-state index in [0.29, 0.717) is 11.4 Å². The zero-order valence-corrected chi connectivity index (χ0v) is 15.8. The fraction of sp³-hybridized carbons (Fsp3) is 0.105. The Balaban J connectivity index is 1.79. The number of carbonyl (C=O) groups is 1. The third kappa shape index (κ3) is 4.12. The van der Waals surface area contributed by atoms with Crippen molar-refractivity contribution in [3.05, 3.63) is 77.0 Å². The van der Waals surface area contributed by atoms with Crippen molar-refractivity contribution in [3.8, 4) is 0 Å². The summed E-state index contributed by atoms with van der Waals surface area (Å²) < 4.78 is 26.9.